The Bertz CT molecular complexity index is 713. The first-order valence-corrected chi connectivity index (χ1v) is 8.99. The summed E-state index contributed by atoms with van der Waals surface area (Å²) in [6.07, 6.45) is 6.15. The van der Waals surface area contributed by atoms with Crippen molar-refractivity contribution in [3.8, 4) is 0 Å². The standard InChI is InChI=1S/C18H24N6O2/c1-14-2-3-16(23-22-14)21-9-15-8-18(26-11-15)12-24(6-7-25-13-18)17-10-19-4-5-20-17/h2-5,10,15H,6-9,11-13H2,1H3,(H,21,23)/t15-,18+/m1/s1. The maximum atomic E-state index is 6.24. The molecular formula is C18H24N6O2. The van der Waals surface area contributed by atoms with Gasteiger partial charge in [0.05, 0.1) is 38.3 Å². The molecule has 0 unspecified atom stereocenters. The molecule has 4 heterocycles. The van der Waals surface area contributed by atoms with E-state index in [0.29, 0.717) is 25.7 Å². The summed E-state index contributed by atoms with van der Waals surface area (Å²) in [5.74, 6) is 2.08. The largest absolute Gasteiger partial charge is 0.377 e. The smallest absolute Gasteiger partial charge is 0.148 e. The number of rotatable bonds is 4. The quantitative estimate of drug-likeness (QED) is 0.877. The summed E-state index contributed by atoms with van der Waals surface area (Å²) in [5, 5.41) is 11.6. The lowest BCUT2D eigenvalue weighted by Gasteiger charge is -2.31. The van der Waals surface area contributed by atoms with Gasteiger partial charge >= 0.3 is 0 Å². The third kappa shape index (κ3) is 3.91. The highest BCUT2D eigenvalue weighted by atomic mass is 16.5. The van der Waals surface area contributed by atoms with Gasteiger partial charge in [0, 0.05) is 31.4 Å². The predicted octanol–water partition coefficient (Wildman–Crippen LogP) is 1.30. The fraction of sp³-hybridized carbons (Fsp3) is 0.556. The number of ether oxygens (including phenoxy) is 2. The van der Waals surface area contributed by atoms with Crippen molar-refractivity contribution in [3.63, 3.8) is 0 Å². The monoisotopic (exact) mass is 356 g/mol. The minimum atomic E-state index is -0.292. The van der Waals surface area contributed by atoms with E-state index in [2.05, 4.69) is 30.4 Å². The molecule has 0 amide bonds. The molecule has 1 N–H and O–H groups in total. The van der Waals surface area contributed by atoms with Crippen LogP contribution in [-0.4, -0.2) is 65.2 Å². The lowest BCUT2D eigenvalue weighted by molar-refractivity contribution is -0.0457. The molecule has 2 saturated heterocycles. The molecule has 2 fully saturated rings. The van der Waals surface area contributed by atoms with Crippen LogP contribution in [-0.2, 0) is 9.47 Å². The van der Waals surface area contributed by atoms with E-state index < -0.39 is 0 Å². The van der Waals surface area contributed by atoms with Gasteiger partial charge in [-0.05, 0) is 25.5 Å². The third-order valence-electron chi connectivity index (χ3n) is 4.88. The topological polar surface area (TPSA) is 85.3 Å². The maximum absolute atomic E-state index is 6.24. The first-order valence-electron chi connectivity index (χ1n) is 8.99. The van der Waals surface area contributed by atoms with E-state index in [0.717, 1.165) is 43.4 Å². The molecule has 0 aromatic carbocycles. The Morgan fingerprint density at radius 3 is 3.08 bits per heavy atom. The van der Waals surface area contributed by atoms with Crippen LogP contribution < -0.4 is 10.2 Å². The fourth-order valence-corrected chi connectivity index (χ4v) is 3.58. The van der Waals surface area contributed by atoms with Gasteiger partial charge in [-0.3, -0.25) is 4.98 Å². The van der Waals surface area contributed by atoms with Crippen LogP contribution in [0.1, 0.15) is 12.1 Å². The van der Waals surface area contributed by atoms with Crippen LogP contribution in [0.15, 0.2) is 30.7 Å². The Morgan fingerprint density at radius 2 is 2.27 bits per heavy atom. The first kappa shape index (κ1) is 17.1. The molecule has 2 aromatic heterocycles. The lowest BCUT2D eigenvalue weighted by atomic mass is 9.94. The Balaban J connectivity index is 1.38. The summed E-state index contributed by atoms with van der Waals surface area (Å²) in [7, 11) is 0. The van der Waals surface area contributed by atoms with Crippen molar-refractivity contribution in [3.05, 3.63) is 36.4 Å². The molecule has 0 radical (unpaired) electrons. The summed E-state index contributed by atoms with van der Waals surface area (Å²) in [4.78, 5) is 10.8. The van der Waals surface area contributed by atoms with E-state index in [1.807, 2.05) is 19.1 Å². The van der Waals surface area contributed by atoms with Crippen LogP contribution in [0.3, 0.4) is 0 Å². The molecule has 26 heavy (non-hydrogen) atoms. The molecule has 2 aliphatic rings. The molecule has 0 saturated carbocycles. The third-order valence-corrected chi connectivity index (χ3v) is 4.88. The van der Waals surface area contributed by atoms with Gasteiger partial charge in [0.25, 0.3) is 0 Å². The molecule has 2 atom stereocenters. The molecule has 8 heteroatoms. The van der Waals surface area contributed by atoms with Gasteiger partial charge in [-0.25, -0.2) is 4.98 Å². The van der Waals surface area contributed by atoms with Gasteiger partial charge in [-0.15, -0.1) is 5.10 Å². The molecule has 8 nitrogen and oxygen atoms in total. The maximum Gasteiger partial charge on any atom is 0.148 e. The zero-order valence-electron chi connectivity index (χ0n) is 15.0. The molecule has 1 spiro atoms. The number of hydrogen-bond donors (Lipinski definition) is 1. The highest BCUT2D eigenvalue weighted by molar-refractivity contribution is 5.36. The number of aromatic nitrogens is 4. The zero-order chi connectivity index (χ0) is 17.8. The Labute approximate surface area is 153 Å². The number of hydrogen-bond acceptors (Lipinski definition) is 8. The lowest BCUT2D eigenvalue weighted by Crippen LogP contribution is -2.44. The van der Waals surface area contributed by atoms with Crippen molar-refractivity contribution >= 4 is 11.6 Å². The summed E-state index contributed by atoms with van der Waals surface area (Å²) in [6, 6.07) is 3.92. The zero-order valence-corrected chi connectivity index (χ0v) is 15.0. The van der Waals surface area contributed by atoms with Crippen LogP contribution in [0.25, 0.3) is 0 Å². The van der Waals surface area contributed by atoms with Gasteiger partial charge in [-0.2, -0.15) is 5.10 Å². The summed E-state index contributed by atoms with van der Waals surface area (Å²) < 4.78 is 12.1. The van der Waals surface area contributed by atoms with Gasteiger partial charge in [0.1, 0.15) is 17.2 Å². The molecule has 4 rings (SSSR count). The average molecular weight is 356 g/mol. The van der Waals surface area contributed by atoms with Gasteiger partial charge in [0.15, 0.2) is 0 Å². The second kappa shape index (κ2) is 7.51. The normalized spacial score (nSPS) is 26.0. The van der Waals surface area contributed by atoms with E-state index in [4.69, 9.17) is 9.47 Å². The Kier molecular flexibility index (Phi) is 4.94. The molecule has 138 valence electrons. The van der Waals surface area contributed by atoms with Crippen LogP contribution in [0.4, 0.5) is 11.6 Å². The van der Waals surface area contributed by atoms with Crippen molar-refractivity contribution in [1.82, 2.24) is 20.2 Å². The summed E-state index contributed by atoms with van der Waals surface area (Å²) in [6.45, 7) is 6.31. The van der Waals surface area contributed by atoms with Crippen LogP contribution >= 0.6 is 0 Å². The minimum Gasteiger partial charge on any atom is -0.377 e. The Morgan fingerprint density at radius 1 is 1.31 bits per heavy atom. The molecular weight excluding hydrogens is 332 g/mol. The van der Waals surface area contributed by atoms with Gasteiger partial charge < -0.3 is 19.7 Å². The highest BCUT2D eigenvalue weighted by Crippen LogP contribution is 2.33. The van der Waals surface area contributed by atoms with Crippen LogP contribution in [0.5, 0.6) is 0 Å². The number of anilines is 2. The number of nitrogens with one attached hydrogen (secondary N) is 1. The van der Waals surface area contributed by atoms with Crippen molar-refractivity contribution in [2.75, 3.05) is 49.7 Å². The van der Waals surface area contributed by atoms with Gasteiger partial charge in [-0.1, -0.05) is 0 Å². The summed E-state index contributed by atoms with van der Waals surface area (Å²) >= 11 is 0. The van der Waals surface area contributed by atoms with Crippen molar-refractivity contribution in [2.45, 2.75) is 18.9 Å². The van der Waals surface area contributed by atoms with E-state index in [1.165, 1.54) is 0 Å². The second-order valence-corrected chi connectivity index (χ2v) is 7.04. The molecule has 0 aliphatic carbocycles. The molecule has 2 aromatic rings. The minimum absolute atomic E-state index is 0.292. The average Bonchev–Trinajstić information content (AvgIpc) is 2.95. The SMILES string of the molecule is Cc1ccc(NC[C@@H]2CO[C@@]3(COCCN(c4cnccn4)C3)C2)nn1. The van der Waals surface area contributed by atoms with Crippen LogP contribution in [0.2, 0.25) is 0 Å². The van der Waals surface area contributed by atoms with Gasteiger partial charge in [0.2, 0.25) is 0 Å². The molecule has 0 bridgehead atoms. The van der Waals surface area contributed by atoms with Crippen molar-refractivity contribution in [1.29, 1.82) is 0 Å². The van der Waals surface area contributed by atoms with Crippen molar-refractivity contribution in [2.24, 2.45) is 5.92 Å². The Hall–Kier alpha value is -2.32. The first-order chi connectivity index (χ1) is 12.7. The van der Waals surface area contributed by atoms with Crippen molar-refractivity contribution < 1.29 is 9.47 Å². The number of nitrogens with zero attached hydrogens (tertiary/aromatic N) is 5. The summed E-state index contributed by atoms with van der Waals surface area (Å²) in [5.41, 5.74) is 0.623. The van der Waals surface area contributed by atoms with E-state index in [9.17, 15) is 0 Å². The number of aryl methyl sites for hydroxylation is 1. The predicted molar refractivity (Wildman–Crippen MR) is 97.1 cm³/mol. The second-order valence-electron chi connectivity index (χ2n) is 7.04. The van der Waals surface area contributed by atoms with E-state index in [-0.39, 0.29) is 5.60 Å². The highest BCUT2D eigenvalue weighted by Gasteiger charge is 2.43. The fourth-order valence-electron chi connectivity index (χ4n) is 3.58. The molecule has 2 aliphatic heterocycles. The van der Waals surface area contributed by atoms with E-state index in [1.54, 1.807) is 18.6 Å². The van der Waals surface area contributed by atoms with E-state index >= 15 is 0 Å². The van der Waals surface area contributed by atoms with Crippen LogP contribution in [0, 0.1) is 12.8 Å².